The number of rotatable bonds is 5. The SMILES string of the molecule is COc1cc2nccc(Oc3ccc4c(c3)OCCN4C(=O)Nc3ccc(C(F)(F)F)cc3)c2cc1OC. The van der Waals surface area contributed by atoms with Crippen molar-refractivity contribution in [3.05, 3.63) is 72.4 Å². The van der Waals surface area contributed by atoms with Gasteiger partial charge in [0, 0.05) is 29.4 Å². The fourth-order valence-electron chi connectivity index (χ4n) is 4.07. The summed E-state index contributed by atoms with van der Waals surface area (Å²) < 4.78 is 61.1. The molecule has 0 fully saturated rings. The van der Waals surface area contributed by atoms with E-state index >= 15 is 0 Å². The number of hydrogen-bond acceptors (Lipinski definition) is 6. The van der Waals surface area contributed by atoms with Crippen LogP contribution in [0.2, 0.25) is 0 Å². The Morgan fingerprint density at radius 3 is 2.42 bits per heavy atom. The molecule has 11 heteroatoms. The summed E-state index contributed by atoms with van der Waals surface area (Å²) in [5.74, 6) is 2.50. The highest BCUT2D eigenvalue weighted by atomic mass is 19.4. The van der Waals surface area contributed by atoms with Crippen LogP contribution in [-0.4, -0.2) is 38.4 Å². The number of amides is 2. The van der Waals surface area contributed by atoms with Crippen LogP contribution in [0.25, 0.3) is 10.9 Å². The number of nitrogens with zero attached hydrogens (tertiary/aromatic N) is 2. The second-order valence-corrected chi connectivity index (χ2v) is 8.27. The molecule has 2 heterocycles. The van der Waals surface area contributed by atoms with E-state index in [0.717, 1.165) is 12.1 Å². The number of nitrogens with one attached hydrogen (secondary N) is 1. The monoisotopic (exact) mass is 525 g/mol. The Morgan fingerprint density at radius 2 is 1.71 bits per heavy atom. The van der Waals surface area contributed by atoms with Crippen molar-refractivity contribution < 1.29 is 36.9 Å². The van der Waals surface area contributed by atoms with Gasteiger partial charge in [0.25, 0.3) is 0 Å². The van der Waals surface area contributed by atoms with Gasteiger partial charge in [0.2, 0.25) is 0 Å². The van der Waals surface area contributed by atoms with E-state index in [4.69, 9.17) is 18.9 Å². The van der Waals surface area contributed by atoms with Crippen molar-refractivity contribution >= 4 is 28.3 Å². The molecule has 38 heavy (non-hydrogen) atoms. The van der Waals surface area contributed by atoms with Crippen LogP contribution in [0.15, 0.2) is 66.9 Å². The van der Waals surface area contributed by atoms with Crippen LogP contribution in [0, 0.1) is 0 Å². The number of carbonyl (C=O) groups is 1. The Hall–Kier alpha value is -4.67. The molecule has 0 aliphatic carbocycles. The highest BCUT2D eigenvalue weighted by molar-refractivity contribution is 6.03. The second-order valence-electron chi connectivity index (χ2n) is 8.27. The first-order valence-electron chi connectivity index (χ1n) is 11.5. The van der Waals surface area contributed by atoms with Crippen molar-refractivity contribution in [2.75, 3.05) is 37.6 Å². The fraction of sp³-hybridized carbons (Fsp3) is 0.185. The van der Waals surface area contributed by atoms with Crippen LogP contribution in [0.1, 0.15) is 5.56 Å². The van der Waals surface area contributed by atoms with Gasteiger partial charge in [-0.15, -0.1) is 0 Å². The molecule has 3 aromatic carbocycles. The molecule has 0 saturated carbocycles. The van der Waals surface area contributed by atoms with Crippen molar-refractivity contribution in [2.24, 2.45) is 0 Å². The summed E-state index contributed by atoms with van der Waals surface area (Å²) in [5, 5.41) is 3.34. The van der Waals surface area contributed by atoms with Gasteiger partial charge in [0.1, 0.15) is 23.9 Å². The van der Waals surface area contributed by atoms with Crippen LogP contribution in [-0.2, 0) is 6.18 Å². The van der Waals surface area contributed by atoms with E-state index in [1.807, 2.05) is 0 Å². The normalized spacial score (nSPS) is 12.9. The van der Waals surface area contributed by atoms with E-state index in [2.05, 4.69) is 10.3 Å². The van der Waals surface area contributed by atoms with Crippen LogP contribution in [0.3, 0.4) is 0 Å². The molecule has 1 N–H and O–H groups in total. The zero-order valence-corrected chi connectivity index (χ0v) is 20.3. The standard InChI is InChI=1S/C27H22F3N3O5/c1-35-24-14-19-20(15-25(24)36-2)31-10-9-22(19)38-18-7-8-21-23(13-18)37-12-11-33(21)26(34)32-17-5-3-16(4-6-17)27(28,29)30/h3-10,13-15H,11-12H2,1-2H3,(H,32,34). The van der Waals surface area contributed by atoms with Crippen LogP contribution >= 0.6 is 0 Å². The minimum absolute atomic E-state index is 0.228. The number of fused-ring (bicyclic) bond motifs is 2. The molecule has 1 aliphatic rings. The third kappa shape index (κ3) is 4.95. The average Bonchev–Trinajstić information content (AvgIpc) is 2.91. The predicted molar refractivity (Wildman–Crippen MR) is 135 cm³/mol. The number of halogens is 3. The maximum atomic E-state index is 12.9. The molecule has 0 spiro atoms. The second kappa shape index (κ2) is 10.0. The fourth-order valence-corrected chi connectivity index (χ4v) is 4.07. The van der Waals surface area contributed by atoms with Gasteiger partial charge in [-0.2, -0.15) is 13.2 Å². The zero-order valence-electron chi connectivity index (χ0n) is 20.3. The molecule has 0 bridgehead atoms. The molecule has 196 valence electrons. The van der Waals surface area contributed by atoms with Crippen molar-refractivity contribution in [3.8, 4) is 28.7 Å². The Morgan fingerprint density at radius 1 is 0.974 bits per heavy atom. The molecule has 2 amide bonds. The van der Waals surface area contributed by atoms with Gasteiger partial charge in [0.05, 0.1) is 37.5 Å². The predicted octanol–water partition coefficient (Wildman–Crippen LogP) is 6.49. The molecule has 4 aromatic rings. The van der Waals surface area contributed by atoms with Gasteiger partial charge in [-0.05, 0) is 48.5 Å². The first kappa shape index (κ1) is 25.0. The molecule has 1 aromatic heterocycles. The van der Waals surface area contributed by atoms with Gasteiger partial charge in [0.15, 0.2) is 11.5 Å². The molecule has 0 atom stereocenters. The summed E-state index contributed by atoms with van der Waals surface area (Å²) in [6.07, 6.45) is -2.83. The van der Waals surface area contributed by atoms with E-state index in [1.165, 1.54) is 17.0 Å². The highest BCUT2D eigenvalue weighted by Crippen LogP contribution is 2.40. The maximum Gasteiger partial charge on any atom is 0.416 e. The topological polar surface area (TPSA) is 82.2 Å². The van der Waals surface area contributed by atoms with Crippen molar-refractivity contribution in [3.63, 3.8) is 0 Å². The third-order valence-corrected chi connectivity index (χ3v) is 5.94. The summed E-state index contributed by atoms with van der Waals surface area (Å²) in [6, 6.07) is 14.1. The number of pyridine rings is 1. The largest absolute Gasteiger partial charge is 0.493 e. The van der Waals surface area contributed by atoms with E-state index in [1.54, 1.807) is 56.8 Å². The molecule has 0 radical (unpaired) electrons. The van der Waals surface area contributed by atoms with Crippen molar-refractivity contribution in [1.29, 1.82) is 0 Å². The lowest BCUT2D eigenvalue weighted by molar-refractivity contribution is -0.137. The third-order valence-electron chi connectivity index (χ3n) is 5.94. The lowest BCUT2D eigenvalue weighted by atomic mass is 10.1. The summed E-state index contributed by atoms with van der Waals surface area (Å²) in [5.41, 5.74) is 0.603. The number of hydrogen-bond donors (Lipinski definition) is 1. The van der Waals surface area contributed by atoms with Gasteiger partial charge in [-0.3, -0.25) is 9.88 Å². The first-order chi connectivity index (χ1) is 18.3. The van der Waals surface area contributed by atoms with Gasteiger partial charge in [-0.25, -0.2) is 4.79 Å². The molecule has 5 rings (SSSR count). The summed E-state index contributed by atoms with van der Waals surface area (Å²) >= 11 is 0. The number of methoxy groups -OCH3 is 2. The van der Waals surface area contributed by atoms with Crippen LogP contribution < -0.4 is 29.2 Å². The van der Waals surface area contributed by atoms with Gasteiger partial charge >= 0.3 is 12.2 Å². The Kier molecular flexibility index (Phi) is 6.58. The minimum Gasteiger partial charge on any atom is -0.493 e. The molecule has 0 saturated heterocycles. The molecule has 8 nitrogen and oxygen atoms in total. The van der Waals surface area contributed by atoms with E-state index in [0.29, 0.717) is 45.3 Å². The summed E-state index contributed by atoms with van der Waals surface area (Å²) in [4.78, 5) is 18.8. The number of anilines is 2. The lowest BCUT2D eigenvalue weighted by Crippen LogP contribution is -2.40. The Labute approximate surface area is 215 Å². The number of benzene rings is 3. The van der Waals surface area contributed by atoms with Crippen LogP contribution in [0.4, 0.5) is 29.3 Å². The van der Waals surface area contributed by atoms with E-state index in [9.17, 15) is 18.0 Å². The molecular formula is C27H22F3N3O5. The van der Waals surface area contributed by atoms with Gasteiger partial charge < -0.3 is 24.3 Å². The van der Waals surface area contributed by atoms with E-state index in [-0.39, 0.29) is 18.8 Å². The Balaban J connectivity index is 1.36. The minimum atomic E-state index is -4.45. The summed E-state index contributed by atoms with van der Waals surface area (Å²) in [6.45, 7) is 0.488. The van der Waals surface area contributed by atoms with Crippen molar-refractivity contribution in [1.82, 2.24) is 4.98 Å². The number of aromatic nitrogens is 1. The first-order valence-corrected chi connectivity index (χ1v) is 11.5. The smallest absolute Gasteiger partial charge is 0.416 e. The van der Waals surface area contributed by atoms with E-state index < -0.39 is 17.8 Å². The highest BCUT2D eigenvalue weighted by Gasteiger charge is 2.30. The van der Waals surface area contributed by atoms with Gasteiger partial charge in [-0.1, -0.05) is 0 Å². The molecule has 0 unspecified atom stereocenters. The van der Waals surface area contributed by atoms with Crippen LogP contribution in [0.5, 0.6) is 28.7 Å². The molecular weight excluding hydrogens is 503 g/mol. The lowest BCUT2D eigenvalue weighted by Gasteiger charge is -2.30. The Bertz CT molecular complexity index is 1490. The number of carbonyl (C=O) groups excluding carboxylic acids is 1. The number of alkyl halides is 3. The number of urea groups is 1. The number of ether oxygens (including phenoxy) is 4. The molecule has 1 aliphatic heterocycles. The quantitative estimate of drug-likeness (QED) is 0.321. The summed E-state index contributed by atoms with van der Waals surface area (Å²) in [7, 11) is 3.09. The zero-order chi connectivity index (χ0) is 26.9. The average molecular weight is 525 g/mol. The maximum absolute atomic E-state index is 12.9. The van der Waals surface area contributed by atoms with Crippen molar-refractivity contribution in [2.45, 2.75) is 6.18 Å².